The zero-order valence-corrected chi connectivity index (χ0v) is 13.8. The SMILES string of the molecule is Cn1c(C=NCc2ccccc2)ccc1C=NCc1ccccc1. The maximum atomic E-state index is 4.52. The van der Waals surface area contributed by atoms with E-state index in [0.29, 0.717) is 13.1 Å². The summed E-state index contributed by atoms with van der Waals surface area (Å²) in [7, 11) is 2.04. The van der Waals surface area contributed by atoms with Crippen molar-refractivity contribution >= 4 is 12.4 Å². The van der Waals surface area contributed by atoms with Crippen molar-refractivity contribution in [1.82, 2.24) is 4.57 Å². The summed E-state index contributed by atoms with van der Waals surface area (Å²) in [5.41, 5.74) is 4.58. The Morgan fingerprint density at radius 3 is 1.50 bits per heavy atom. The van der Waals surface area contributed by atoms with Gasteiger partial charge in [-0.1, -0.05) is 60.7 Å². The highest BCUT2D eigenvalue weighted by molar-refractivity contribution is 5.84. The second-order valence-corrected chi connectivity index (χ2v) is 5.65. The number of hydrogen-bond acceptors (Lipinski definition) is 2. The molecule has 120 valence electrons. The van der Waals surface area contributed by atoms with E-state index in [9.17, 15) is 0 Å². The number of nitrogens with zero attached hydrogens (tertiary/aromatic N) is 3. The van der Waals surface area contributed by atoms with Crippen molar-refractivity contribution in [2.24, 2.45) is 17.0 Å². The highest BCUT2D eigenvalue weighted by Gasteiger charge is 2.00. The fourth-order valence-corrected chi connectivity index (χ4v) is 2.46. The van der Waals surface area contributed by atoms with E-state index in [1.807, 2.05) is 55.9 Å². The van der Waals surface area contributed by atoms with Crippen molar-refractivity contribution in [2.75, 3.05) is 0 Å². The lowest BCUT2D eigenvalue weighted by Crippen LogP contribution is -2.00. The minimum atomic E-state index is 0.698. The minimum absolute atomic E-state index is 0.698. The molecule has 0 saturated heterocycles. The largest absolute Gasteiger partial charge is 0.342 e. The van der Waals surface area contributed by atoms with E-state index in [-0.39, 0.29) is 0 Å². The number of benzene rings is 2. The molecule has 0 aliphatic heterocycles. The van der Waals surface area contributed by atoms with Gasteiger partial charge >= 0.3 is 0 Å². The monoisotopic (exact) mass is 315 g/mol. The van der Waals surface area contributed by atoms with Gasteiger partial charge in [0.2, 0.25) is 0 Å². The summed E-state index contributed by atoms with van der Waals surface area (Å²) in [6.07, 6.45) is 3.84. The third kappa shape index (κ3) is 4.29. The summed E-state index contributed by atoms with van der Waals surface area (Å²) >= 11 is 0. The second-order valence-electron chi connectivity index (χ2n) is 5.65. The standard InChI is InChI=1S/C21H21N3/c1-24-20(16-22-14-18-8-4-2-5-9-18)12-13-21(24)17-23-15-19-10-6-3-7-11-19/h2-13,16-17H,14-15H2,1H3. The highest BCUT2D eigenvalue weighted by atomic mass is 15.0. The van der Waals surface area contributed by atoms with Gasteiger partial charge in [-0.2, -0.15) is 0 Å². The van der Waals surface area contributed by atoms with Crippen molar-refractivity contribution in [3.05, 3.63) is 95.3 Å². The van der Waals surface area contributed by atoms with Crippen LogP contribution in [0.3, 0.4) is 0 Å². The Labute approximate surface area is 143 Å². The molecule has 0 saturated carbocycles. The van der Waals surface area contributed by atoms with E-state index in [1.54, 1.807) is 0 Å². The molecule has 0 aliphatic rings. The van der Waals surface area contributed by atoms with Gasteiger partial charge in [0.25, 0.3) is 0 Å². The van der Waals surface area contributed by atoms with E-state index in [2.05, 4.69) is 51.0 Å². The summed E-state index contributed by atoms with van der Waals surface area (Å²) in [4.78, 5) is 9.05. The normalized spacial score (nSPS) is 11.5. The molecule has 3 nitrogen and oxygen atoms in total. The Morgan fingerprint density at radius 1 is 0.667 bits per heavy atom. The van der Waals surface area contributed by atoms with E-state index >= 15 is 0 Å². The maximum Gasteiger partial charge on any atom is 0.0640 e. The Hall–Kier alpha value is -2.94. The summed E-state index contributed by atoms with van der Waals surface area (Å²) in [5, 5.41) is 0. The average Bonchev–Trinajstić information content (AvgIpc) is 2.97. The van der Waals surface area contributed by atoms with Crippen LogP contribution >= 0.6 is 0 Å². The van der Waals surface area contributed by atoms with Gasteiger partial charge in [-0.25, -0.2) is 0 Å². The first kappa shape index (κ1) is 15.9. The molecule has 3 heteroatoms. The molecule has 0 fully saturated rings. The lowest BCUT2D eigenvalue weighted by molar-refractivity contribution is 0.904. The van der Waals surface area contributed by atoms with Crippen LogP contribution in [-0.4, -0.2) is 17.0 Å². The summed E-state index contributed by atoms with van der Waals surface area (Å²) < 4.78 is 2.10. The van der Waals surface area contributed by atoms with Gasteiger partial charge < -0.3 is 4.57 Å². The minimum Gasteiger partial charge on any atom is -0.342 e. The molecule has 1 aromatic heterocycles. The Kier molecular flexibility index (Phi) is 5.36. The quantitative estimate of drug-likeness (QED) is 0.608. The van der Waals surface area contributed by atoms with Crippen LogP contribution in [0.25, 0.3) is 0 Å². The molecular formula is C21H21N3. The molecule has 0 amide bonds. The molecule has 2 aromatic carbocycles. The van der Waals surface area contributed by atoms with E-state index in [0.717, 1.165) is 11.4 Å². The van der Waals surface area contributed by atoms with Gasteiger partial charge in [0.1, 0.15) is 0 Å². The molecule has 1 heterocycles. The molecule has 0 spiro atoms. The molecule has 0 radical (unpaired) electrons. The zero-order chi connectivity index (χ0) is 16.6. The molecule has 24 heavy (non-hydrogen) atoms. The molecule has 0 N–H and O–H groups in total. The Balaban J connectivity index is 1.61. The van der Waals surface area contributed by atoms with Crippen molar-refractivity contribution in [1.29, 1.82) is 0 Å². The van der Waals surface area contributed by atoms with E-state index in [1.165, 1.54) is 11.1 Å². The topological polar surface area (TPSA) is 29.6 Å². The summed E-state index contributed by atoms with van der Waals surface area (Å²) in [6.45, 7) is 1.40. The van der Waals surface area contributed by atoms with Gasteiger partial charge in [0.05, 0.1) is 24.5 Å². The average molecular weight is 315 g/mol. The third-order valence-corrected chi connectivity index (χ3v) is 3.88. The molecule has 0 unspecified atom stereocenters. The Bertz CT molecular complexity index is 746. The number of aliphatic imine (C=N–C) groups is 2. The predicted octanol–water partition coefficient (Wildman–Crippen LogP) is 4.26. The van der Waals surface area contributed by atoms with Gasteiger partial charge in [0.15, 0.2) is 0 Å². The predicted molar refractivity (Wildman–Crippen MR) is 101 cm³/mol. The van der Waals surface area contributed by atoms with Gasteiger partial charge in [-0.15, -0.1) is 0 Å². The van der Waals surface area contributed by atoms with Gasteiger partial charge in [-0.3, -0.25) is 9.98 Å². The fraction of sp³-hybridized carbons (Fsp3) is 0.143. The van der Waals surface area contributed by atoms with Crippen molar-refractivity contribution in [3.63, 3.8) is 0 Å². The molecular weight excluding hydrogens is 294 g/mol. The van der Waals surface area contributed by atoms with Crippen LogP contribution in [0.1, 0.15) is 22.5 Å². The molecule has 3 rings (SSSR count). The summed E-state index contributed by atoms with van der Waals surface area (Å²) in [6, 6.07) is 24.7. The van der Waals surface area contributed by atoms with E-state index < -0.39 is 0 Å². The zero-order valence-electron chi connectivity index (χ0n) is 13.8. The van der Waals surface area contributed by atoms with Crippen molar-refractivity contribution in [2.45, 2.75) is 13.1 Å². The van der Waals surface area contributed by atoms with Gasteiger partial charge in [0, 0.05) is 19.5 Å². The molecule has 0 bridgehead atoms. The first-order chi connectivity index (χ1) is 11.8. The lowest BCUT2D eigenvalue weighted by Gasteiger charge is -2.01. The fourth-order valence-electron chi connectivity index (χ4n) is 2.46. The number of aromatic nitrogens is 1. The third-order valence-electron chi connectivity index (χ3n) is 3.88. The first-order valence-corrected chi connectivity index (χ1v) is 8.06. The second kappa shape index (κ2) is 8.06. The van der Waals surface area contributed by atoms with Crippen molar-refractivity contribution in [3.8, 4) is 0 Å². The smallest absolute Gasteiger partial charge is 0.0640 e. The number of rotatable bonds is 6. The summed E-state index contributed by atoms with van der Waals surface area (Å²) in [5.74, 6) is 0. The van der Waals surface area contributed by atoms with Crippen LogP contribution in [0.5, 0.6) is 0 Å². The van der Waals surface area contributed by atoms with Gasteiger partial charge in [-0.05, 0) is 23.3 Å². The van der Waals surface area contributed by atoms with Crippen LogP contribution in [0, 0.1) is 0 Å². The molecule has 0 aliphatic carbocycles. The maximum absolute atomic E-state index is 4.52. The molecule has 0 atom stereocenters. The van der Waals surface area contributed by atoms with Crippen LogP contribution in [-0.2, 0) is 20.1 Å². The number of hydrogen-bond donors (Lipinski definition) is 0. The first-order valence-electron chi connectivity index (χ1n) is 8.06. The molecule has 3 aromatic rings. The van der Waals surface area contributed by atoms with Crippen LogP contribution in [0.2, 0.25) is 0 Å². The van der Waals surface area contributed by atoms with Crippen LogP contribution in [0.4, 0.5) is 0 Å². The van der Waals surface area contributed by atoms with E-state index in [4.69, 9.17) is 0 Å². The van der Waals surface area contributed by atoms with Crippen LogP contribution in [0.15, 0.2) is 82.8 Å². The lowest BCUT2D eigenvalue weighted by atomic mass is 10.2. The highest BCUT2D eigenvalue weighted by Crippen LogP contribution is 2.06. The van der Waals surface area contributed by atoms with Crippen LogP contribution < -0.4 is 0 Å². The Morgan fingerprint density at radius 2 is 1.08 bits per heavy atom. The van der Waals surface area contributed by atoms with Crippen molar-refractivity contribution < 1.29 is 0 Å².